The standard InChI is InChI=1S/C17H20N6/c1-13-4-3-5-14(10-13)15-11-18-16(17-20-19-12-23(15)17)22-8-6-21(2)7-9-22/h3-5,10-12H,6-9H2,1-2H3. The van der Waals surface area contributed by atoms with Crippen molar-refractivity contribution in [3.05, 3.63) is 42.4 Å². The maximum absolute atomic E-state index is 4.72. The SMILES string of the molecule is Cc1cccc(-c2cnc(N3CCN(C)CC3)c3nncn23)c1. The Bertz CT molecular complexity index is 832. The van der Waals surface area contributed by atoms with Gasteiger partial charge < -0.3 is 9.80 Å². The molecular weight excluding hydrogens is 288 g/mol. The number of aryl methyl sites for hydroxylation is 1. The van der Waals surface area contributed by atoms with Crippen LogP contribution in [0.15, 0.2) is 36.8 Å². The lowest BCUT2D eigenvalue weighted by molar-refractivity contribution is 0.312. The second-order valence-corrected chi connectivity index (χ2v) is 6.15. The van der Waals surface area contributed by atoms with Crippen LogP contribution in [0.4, 0.5) is 5.82 Å². The third-order valence-corrected chi connectivity index (χ3v) is 4.43. The third kappa shape index (κ3) is 2.55. The average Bonchev–Trinajstić information content (AvgIpc) is 3.04. The van der Waals surface area contributed by atoms with Gasteiger partial charge in [0.1, 0.15) is 6.33 Å². The van der Waals surface area contributed by atoms with E-state index >= 15 is 0 Å². The second-order valence-electron chi connectivity index (χ2n) is 6.15. The molecule has 0 spiro atoms. The fourth-order valence-electron chi connectivity index (χ4n) is 3.07. The summed E-state index contributed by atoms with van der Waals surface area (Å²) >= 11 is 0. The highest BCUT2D eigenvalue weighted by Gasteiger charge is 2.20. The zero-order valence-corrected chi connectivity index (χ0v) is 13.5. The first-order valence-electron chi connectivity index (χ1n) is 7.91. The Labute approximate surface area is 135 Å². The molecule has 3 aromatic rings. The fourth-order valence-corrected chi connectivity index (χ4v) is 3.07. The Kier molecular flexibility index (Phi) is 3.46. The first kappa shape index (κ1) is 14.1. The molecule has 1 saturated heterocycles. The van der Waals surface area contributed by atoms with Gasteiger partial charge in [-0.2, -0.15) is 0 Å². The molecule has 0 radical (unpaired) electrons. The lowest BCUT2D eigenvalue weighted by atomic mass is 10.1. The summed E-state index contributed by atoms with van der Waals surface area (Å²) in [6, 6.07) is 8.42. The van der Waals surface area contributed by atoms with E-state index in [9.17, 15) is 0 Å². The van der Waals surface area contributed by atoms with Gasteiger partial charge in [-0.1, -0.05) is 23.8 Å². The van der Waals surface area contributed by atoms with Gasteiger partial charge in [-0.3, -0.25) is 4.40 Å². The fraction of sp³-hybridized carbons (Fsp3) is 0.353. The van der Waals surface area contributed by atoms with Gasteiger partial charge >= 0.3 is 0 Å². The molecule has 1 aliphatic rings. The minimum atomic E-state index is 0.827. The van der Waals surface area contributed by atoms with E-state index in [1.165, 1.54) is 5.56 Å². The topological polar surface area (TPSA) is 49.6 Å². The van der Waals surface area contributed by atoms with Gasteiger partial charge in [-0.05, 0) is 20.0 Å². The van der Waals surface area contributed by atoms with Gasteiger partial charge in [-0.25, -0.2) is 4.98 Å². The average molecular weight is 308 g/mol. The van der Waals surface area contributed by atoms with E-state index in [0.717, 1.165) is 48.9 Å². The summed E-state index contributed by atoms with van der Waals surface area (Å²) in [6.45, 7) is 6.12. The van der Waals surface area contributed by atoms with Crippen LogP contribution in [0.3, 0.4) is 0 Å². The van der Waals surface area contributed by atoms with Gasteiger partial charge in [-0.15, -0.1) is 10.2 Å². The van der Waals surface area contributed by atoms with Gasteiger partial charge in [0, 0.05) is 31.7 Å². The normalized spacial score (nSPS) is 16.2. The summed E-state index contributed by atoms with van der Waals surface area (Å²) in [7, 11) is 2.15. The van der Waals surface area contributed by atoms with Crippen molar-refractivity contribution in [1.29, 1.82) is 0 Å². The van der Waals surface area contributed by atoms with Crippen molar-refractivity contribution in [2.45, 2.75) is 6.92 Å². The summed E-state index contributed by atoms with van der Waals surface area (Å²) in [5, 5.41) is 8.43. The minimum Gasteiger partial charge on any atom is -0.351 e. The molecule has 6 heteroatoms. The number of fused-ring (bicyclic) bond motifs is 1. The lowest BCUT2D eigenvalue weighted by Gasteiger charge is -2.33. The second kappa shape index (κ2) is 5.62. The van der Waals surface area contributed by atoms with Crippen molar-refractivity contribution in [2.75, 3.05) is 38.1 Å². The van der Waals surface area contributed by atoms with Gasteiger partial charge in [0.15, 0.2) is 5.82 Å². The van der Waals surface area contributed by atoms with E-state index in [1.54, 1.807) is 6.33 Å². The predicted molar refractivity (Wildman–Crippen MR) is 90.7 cm³/mol. The molecule has 0 bridgehead atoms. The number of aromatic nitrogens is 4. The molecular formula is C17H20N6. The highest BCUT2D eigenvalue weighted by Crippen LogP contribution is 2.25. The van der Waals surface area contributed by atoms with Crippen LogP contribution in [0.25, 0.3) is 16.9 Å². The molecule has 0 N–H and O–H groups in total. The predicted octanol–water partition coefficient (Wildman–Crippen LogP) is 1.85. The first-order valence-corrected chi connectivity index (χ1v) is 7.91. The Balaban J connectivity index is 1.79. The van der Waals surface area contributed by atoms with Crippen LogP contribution in [0.1, 0.15) is 5.56 Å². The Morgan fingerprint density at radius 1 is 1.09 bits per heavy atom. The molecule has 2 aromatic heterocycles. The van der Waals surface area contributed by atoms with E-state index in [4.69, 9.17) is 4.98 Å². The van der Waals surface area contributed by atoms with E-state index in [0.29, 0.717) is 0 Å². The number of benzene rings is 1. The quantitative estimate of drug-likeness (QED) is 0.723. The Morgan fingerprint density at radius 3 is 2.70 bits per heavy atom. The van der Waals surface area contributed by atoms with Gasteiger partial charge in [0.25, 0.3) is 0 Å². The molecule has 3 heterocycles. The highest BCUT2D eigenvalue weighted by atomic mass is 15.3. The van der Waals surface area contributed by atoms with E-state index < -0.39 is 0 Å². The number of piperazine rings is 1. The monoisotopic (exact) mass is 308 g/mol. The Hall–Kier alpha value is -2.47. The molecule has 0 atom stereocenters. The molecule has 23 heavy (non-hydrogen) atoms. The summed E-state index contributed by atoms with van der Waals surface area (Å²) < 4.78 is 2.04. The molecule has 1 fully saturated rings. The highest BCUT2D eigenvalue weighted by molar-refractivity contribution is 5.71. The zero-order valence-electron chi connectivity index (χ0n) is 13.5. The molecule has 0 aliphatic carbocycles. The largest absolute Gasteiger partial charge is 0.351 e. The maximum Gasteiger partial charge on any atom is 0.204 e. The van der Waals surface area contributed by atoms with Crippen LogP contribution in [-0.2, 0) is 0 Å². The number of anilines is 1. The molecule has 0 saturated carbocycles. The van der Waals surface area contributed by atoms with E-state index in [1.807, 2.05) is 10.6 Å². The zero-order chi connectivity index (χ0) is 15.8. The van der Waals surface area contributed by atoms with Crippen molar-refractivity contribution >= 4 is 11.5 Å². The van der Waals surface area contributed by atoms with Crippen molar-refractivity contribution in [3.63, 3.8) is 0 Å². The van der Waals surface area contributed by atoms with E-state index in [-0.39, 0.29) is 0 Å². The molecule has 6 nitrogen and oxygen atoms in total. The Morgan fingerprint density at radius 2 is 1.91 bits per heavy atom. The van der Waals surface area contributed by atoms with Crippen LogP contribution < -0.4 is 4.90 Å². The number of hydrogen-bond donors (Lipinski definition) is 0. The molecule has 1 aromatic carbocycles. The molecule has 1 aliphatic heterocycles. The molecule has 0 unspecified atom stereocenters. The summed E-state index contributed by atoms with van der Waals surface area (Å²) in [5.74, 6) is 0.923. The van der Waals surface area contributed by atoms with Gasteiger partial charge in [0.2, 0.25) is 5.65 Å². The van der Waals surface area contributed by atoms with Crippen molar-refractivity contribution in [3.8, 4) is 11.3 Å². The molecule has 118 valence electrons. The smallest absolute Gasteiger partial charge is 0.204 e. The van der Waals surface area contributed by atoms with Crippen LogP contribution in [0, 0.1) is 6.92 Å². The maximum atomic E-state index is 4.72. The summed E-state index contributed by atoms with van der Waals surface area (Å²) in [5.41, 5.74) is 4.21. The molecule has 0 amide bonds. The van der Waals surface area contributed by atoms with E-state index in [2.05, 4.69) is 58.2 Å². The first-order chi connectivity index (χ1) is 11.2. The number of likely N-dealkylation sites (N-methyl/N-ethyl adjacent to an activating group) is 1. The van der Waals surface area contributed by atoms with Crippen molar-refractivity contribution in [1.82, 2.24) is 24.5 Å². The van der Waals surface area contributed by atoms with Gasteiger partial charge in [0.05, 0.1) is 11.9 Å². The summed E-state index contributed by atoms with van der Waals surface area (Å²) in [6.07, 6.45) is 3.70. The van der Waals surface area contributed by atoms with Crippen LogP contribution >= 0.6 is 0 Å². The number of rotatable bonds is 2. The van der Waals surface area contributed by atoms with Crippen LogP contribution in [0.2, 0.25) is 0 Å². The molecule has 4 rings (SSSR count). The van der Waals surface area contributed by atoms with Crippen LogP contribution in [-0.4, -0.2) is 57.7 Å². The lowest BCUT2D eigenvalue weighted by Crippen LogP contribution is -2.45. The minimum absolute atomic E-state index is 0.827. The van der Waals surface area contributed by atoms with Crippen molar-refractivity contribution < 1.29 is 0 Å². The third-order valence-electron chi connectivity index (χ3n) is 4.43. The van der Waals surface area contributed by atoms with Crippen LogP contribution in [0.5, 0.6) is 0 Å². The van der Waals surface area contributed by atoms with Crippen molar-refractivity contribution in [2.24, 2.45) is 0 Å². The summed E-state index contributed by atoms with van der Waals surface area (Å²) in [4.78, 5) is 9.35. The number of nitrogens with zero attached hydrogens (tertiary/aromatic N) is 6. The number of hydrogen-bond acceptors (Lipinski definition) is 5.